The summed E-state index contributed by atoms with van der Waals surface area (Å²) < 4.78 is 39.0. The summed E-state index contributed by atoms with van der Waals surface area (Å²) in [6.07, 6.45) is -5.03. The van der Waals surface area contributed by atoms with Crippen LogP contribution in [0.5, 0.6) is 0 Å². The number of hydrogen-bond acceptors (Lipinski definition) is 7. The number of halogens is 3. The number of aliphatic carboxylic acids is 1. The lowest BCUT2D eigenvalue weighted by molar-refractivity contribution is -0.305. The van der Waals surface area contributed by atoms with Gasteiger partial charge >= 0.3 is 6.18 Å². The predicted molar refractivity (Wildman–Crippen MR) is 127 cm³/mol. The number of para-hydroxylation sites is 1. The number of nitrogens with one attached hydrogen (secondary N) is 1. The summed E-state index contributed by atoms with van der Waals surface area (Å²) in [6.45, 7) is -0.747. The summed E-state index contributed by atoms with van der Waals surface area (Å²) in [5.74, 6) is -3.42. The van der Waals surface area contributed by atoms with Crippen molar-refractivity contribution in [2.75, 3.05) is 23.3 Å². The molecule has 0 aromatic heterocycles. The third-order valence-electron chi connectivity index (χ3n) is 5.31. The summed E-state index contributed by atoms with van der Waals surface area (Å²) in [6, 6.07) is 10.5. The summed E-state index contributed by atoms with van der Waals surface area (Å²) in [5, 5.41) is 13.2. The molecule has 0 spiro atoms. The minimum absolute atomic E-state index is 0.00316. The highest BCUT2D eigenvalue weighted by atomic mass is 32.2. The maximum Gasteiger partial charge on any atom is 0.416 e. The van der Waals surface area contributed by atoms with Crippen LogP contribution in [0.2, 0.25) is 0 Å². The maximum atomic E-state index is 13.4. The van der Waals surface area contributed by atoms with Crippen molar-refractivity contribution in [1.29, 1.82) is 0 Å². The van der Waals surface area contributed by atoms with Gasteiger partial charge in [-0.25, -0.2) is 0 Å². The van der Waals surface area contributed by atoms with Crippen molar-refractivity contribution in [1.82, 2.24) is 4.90 Å². The molecule has 0 unspecified atom stereocenters. The zero-order valence-corrected chi connectivity index (χ0v) is 19.8. The Hall–Kier alpha value is -3.71. The Kier molecular flexibility index (Phi) is 6.87. The fourth-order valence-corrected chi connectivity index (χ4v) is 5.10. The normalized spacial score (nSPS) is 17.6. The molecular weight excluding hydrogens is 519 g/mol. The Morgan fingerprint density at radius 1 is 1.03 bits per heavy atom. The molecule has 1 fully saturated rings. The van der Waals surface area contributed by atoms with E-state index in [2.05, 4.69) is 5.32 Å². The molecule has 0 saturated carbocycles. The number of rotatable bonds is 6. The number of carboxylic acids is 1. The molecule has 2 aliphatic heterocycles. The van der Waals surface area contributed by atoms with E-state index in [-0.39, 0.29) is 27.0 Å². The van der Waals surface area contributed by atoms with Gasteiger partial charge in [0, 0.05) is 30.2 Å². The molecule has 1 saturated heterocycles. The molecule has 0 bridgehead atoms. The number of nitrogens with zero attached hydrogens (tertiary/aromatic N) is 2. The van der Waals surface area contributed by atoms with Crippen molar-refractivity contribution < 1.29 is 37.5 Å². The molecule has 186 valence electrons. The van der Waals surface area contributed by atoms with Crippen molar-refractivity contribution in [3.8, 4) is 0 Å². The Morgan fingerprint density at radius 2 is 1.75 bits per heavy atom. The van der Waals surface area contributed by atoms with Crippen LogP contribution in [0.1, 0.15) is 17.5 Å². The minimum atomic E-state index is -4.59. The van der Waals surface area contributed by atoms with Gasteiger partial charge in [0.2, 0.25) is 5.91 Å². The number of fused-ring (bicyclic) bond motifs is 1. The highest BCUT2D eigenvalue weighted by Crippen LogP contribution is 2.44. The van der Waals surface area contributed by atoms with Gasteiger partial charge in [-0.3, -0.25) is 24.2 Å². The number of thiocarbonyl (C=S) groups is 1. The first-order valence-corrected chi connectivity index (χ1v) is 11.6. The molecule has 3 amide bonds. The van der Waals surface area contributed by atoms with Crippen molar-refractivity contribution in [3.63, 3.8) is 0 Å². The van der Waals surface area contributed by atoms with Crippen molar-refractivity contribution >= 4 is 68.9 Å². The Balaban J connectivity index is 1.60. The van der Waals surface area contributed by atoms with Gasteiger partial charge in [-0.15, -0.1) is 0 Å². The second-order valence-electron chi connectivity index (χ2n) is 7.69. The van der Waals surface area contributed by atoms with Crippen LogP contribution >= 0.6 is 24.0 Å². The molecule has 2 aromatic carbocycles. The van der Waals surface area contributed by atoms with Crippen LogP contribution in [0, 0.1) is 0 Å². The van der Waals surface area contributed by atoms with Crippen LogP contribution in [0.15, 0.2) is 53.4 Å². The number of carboxylic acid groups (broad SMARTS) is 1. The maximum absolute atomic E-state index is 13.4. The van der Waals surface area contributed by atoms with E-state index < -0.39 is 48.4 Å². The molecule has 2 heterocycles. The number of thioether (sulfide) groups is 1. The van der Waals surface area contributed by atoms with E-state index in [0.717, 1.165) is 39.8 Å². The quantitative estimate of drug-likeness (QED) is 0.448. The number of hydrogen-bond donors (Lipinski definition) is 1. The minimum Gasteiger partial charge on any atom is -0.550 e. The Morgan fingerprint density at radius 3 is 2.44 bits per heavy atom. The standard InChI is InChI=1S/C23H16F3N3O5S2/c24-23(25,26)12-4-3-5-13(10-12)27-16(30)11-29-15-7-2-1-6-14(15)18(20(29)33)19-21(34)28(22(35)36-19)9-8-17(31)32/h1-7,10H,8-9,11H2,(H,27,30)(H,31,32)/p-1/b19-18-. The molecule has 0 radical (unpaired) electrons. The van der Waals surface area contributed by atoms with E-state index >= 15 is 0 Å². The third-order valence-corrected chi connectivity index (χ3v) is 6.76. The number of amides is 3. The molecule has 1 N–H and O–H groups in total. The lowest BCUT2D eigenvalue weighted by atomic mass is 10.1. The van der Waals surface area contributed by atoms with Crippen LogP contribution in [0.3, 0.4) is 0 Å². The average molecular weight is 535 g/mol. The lowest BCUT2D eigenvalue weighted by Gasteiger charge is -2.17. The number of carbonyl (C=O) groups is 4. The van der Waals surface area contributed by atoms with Gasteiger partial charge in [0.25, 0.3) is 11.8 Å². The summed E-state index contributed by atoms with van der Waals surface area (Å²) >= 11 is 6.02. The smallest absolute Gasteiger partial charge is 0.416 e. The van der Waals surface area contributed by atoms with Gasteiger partial charge in [-0.05, 0) is 24.3 Å². The summed E-state index contributed by atoms with van der Waals surface area (Å²) in [4.78, 5) is 52.0. The fourth-order valence-electron chi connectivity index (χ4n) is 3.72. The molecule has 2 aliphatic rings. The van der Waals surface area contributed by atoms with Gasteiger partial charge in [-0.2, -0.15) is 13.2 Å². The van der Waals surface area contributed by atoms with Gasteiger partial charge in [-0.1, -0.05) is 48.2 Å². The number of benzene rings is 2. The number of carbonyl (C=O) groups excluding carboxylic acids is 4. The molecule has 0 aliphatic carbocycles. The van der Waals surface area contributed by atoms with Crippen LogP contribution in [-0.4, -0.2) is 46.0 Å². The van der Waals surface area contributed by atoms with E-state index in [1.54, 1.807) is 24.3 Å². The predicted octanol–water partition coefficient (Wildman–Crippen LogP) is 2.40. The topological polar surface area (TPSA) is 110 Å². The Bertz CT molecular complexity index is 1340. The summed E-state index contributed by atoms with van der Waals surface area (Å²) in [7, 11) is 0. The van der Waals surface area contributed by atoms with Crippen LogP contribution in [-0.2, 0) is 25.4 Å². The van der Waals surface area contributed by atoms with E-state index in [1.807, 2.05) is 0 Å². The Labute approximate surface area is 211 Å². The second-order valence-corrected chi connectivity index (χ2v) is 9.33. The molecule has 0 atom stereocenters. The molecule has 4 rings (SSSR count). The van der Waals surface area contributed by atoms with Gasteiger partial charge in [0.15, 0.2) is 0 Å². The highest BCUT2D eigenvalue weighted by molar-refractivity contribution is 8.26. The molecule has 36 heavy (non-hydrogen) atoms. The highest BCUT2D eigenvalue weighted by Gasteiger charge is 2.42. The molecular formula is C23H15F3N3O5S2-. The first-order valence-electron chi connectivity index (χ1n) is 10.3. The lowest BCUT2D eigenvalue weighted by Crippen LogP contribution is -2.36. The van der Waals surface area contributed by atoms with Crippen LogP contribution in [0.4, 0.5) is 24.5 Å². The van der Waals surface area contributed by atoms with E-state index in [9.17, 15) is 37.5 Å². The summed E-state index contributed by atoms with van der Waals surface area (Å²) in [5.41, 5.74) is -0.327. The molecule has 8 nitrogen and oxygen atoms in total. The number of alkyl halides is 3. The zero-order chi connectivity index (χ0) is 26.2. The van der Waals surface area contributed by atoms with Gasteiger partial charge in [0.1, 0.15) is 10.9 Å². The van der Waals surface area contributed by atoms with Crippen molar-refractivity contribution in [3.05, 3.63) is 64.6 Å². The van der Waals surface area contributed by atoms with E-state index in [4.69, 9.17) is 12.2 Å². The first-order chi connectivity index (χ1) is 17.0. The molecule has 2 aromatic rings. The van der Waals surface area contributed by atoms with Crippen molar-refractivity contribution in [2.24, 2.45) is 0 Å². The SMILES string of the molecule is O=C([O-])CCN1C(=O)/C(=C2/C(=O)N(CC(=O)Nc3cccc(C(F)(F)F)c3)c3ccccc32)SC1=S. The molecule has 13 heteroatoms. The zero-order valence-electron chi connectivity index (χ0n) is 18.1. The number of anilines is 2. The largest absolute Gasteiger partial charge is 0.550 e. The fraction of sp³-hybridized carbons (Fsp3) is 0.174. The van der Waals surface area contributed by atoms with Gasteiger partial charge < -0.3 is 15.2 Å². The van der Waals surface area contributed by atoms with Crippen LogP contribution < -0.4 is 15.3 Å². The second kappa shape index (κ2) is 9.74. The monoisotopic (exact) mass is 534 g/mol. The third kappa shape index (κ3) is 4.97. The van der Waals surface area contributed by atoms with Crippen LogP contribution in [0.25, 0.3) is 5.57 Å². The van der Waals surface area contributed by atoms with Crippen molar-refractivity contribution in [2.45, 2.75) is 12.6 Å². The first kappa shape index (κ1) is 25.4. The van der Waals surface area contributed by atoms with E-state index in [0.29, 0.717) is 11.3 Å². The average Bonchev–Trinajstić information content (AvgIpc) is 3.24. The van der Waals surface area contributed by atoms with E-state index in [1.165, 1.54) is 6.07 Å². The van der Waals surface area contributed by atoms with Gasteiger partial charge in [0.05, 0.1) is 21.7 Å².